The average Bonchev–Trinajstić information content (AvgIpc) is 2.35. The van der Waals surface area contributed by atoms with Crippen molar-refractivity contribution in [2.45, 2.75) is 33.7 Å². The lowest BCUT2D eigenvalue weighted by Gasteiger charge is -2.24. The molecular formula is C15H20N2O3. The number of rotatable bonds is 5. The Morgan fingerprint density at radius 3 is 2.35 bits per heavy atom. The number of benzene rings is 1. The maximum absolute atomic E-state index is 11.9. The summed E-state index contributed by atoms with van der Waals surface area (Å²) in [5.41, 5.74) is 1.09. The molecule has 1 N–H and O–H groups in total. The molecule has 108 valence electrons. The first-order valence-electron chi connectivity index (χ1n) is 6.49. The molecule has 0 bridgehead atoms. The third-order valence-electron chi connectivity index (χ3n) is 2.89. The molecule has 20 heavy (non-hydrogen) atoms. The van der Waals surface area contributed by atoms with Crippen molar-refractivity contribution >= 4 is 23.3 Å². The lowest BCUT2D eigenvalue weighted by atomic mass is 10.1. The van der Waals surface area contributed by atoms with Crippen molar-refractivity contribution in [3.8, 4) is 0 Å². The Morgan fingerprint density at radius 2 is 1.85 bits per heavy atom. The quantitative estimate of drug-likeness (QED) is 0.837. The third-order valence-corrected chi connectivity index (χ3v) is 2.89. The van der Waals surface area contributed by atoms with E-state index in [-0.39, 0.29) is 30.2 Å². The Balaban J connectivity index is 2.73. The summed E-state index contributed by atoms with van der Waals surface area (Å²) >= 11 is 0. The van der Waals surface area contributed by atoms with Crippen LogP contribution in [0.1, 0.15) is 38.1 Å². The van der Waals surface area contributed by atoms with Crippen molar-refractivity contribution < 1.29 is 14.4 Å². The maximum Gasteiger partial charge on any atom is 0.244 e. The Labute approximate surface area is 119 Å². The summed E-state index contributed by atoms with van der Waals surface area (Å²) in [5.74, 6) is -0.490. The largest absolute Gasteiger partial charge is 0.331 e. The van der Waals surface area contributed by atoms with E-state index < -0.39 is 0 Å². The first kappa shape index (κ1) is 15.9. The van der Waals surface area contributed by atoms with E-state index in [1.165, 1.54) is 18.7 Å². The number of carbonyl (C=O) groups excluding carboxylic acids is 3. The fraction of sp³-hybridized carbons (Fsp3) is 0.400. The van der Waals surface area contributed by atoms with Gasteiger partial charge in [0.15, 0.2) is 5.78 Å². The SMILES string of the molecule is CC(=O)c1cccc(NC(=O)CN(C(C)=O)C(C)C)c1. The number of anilines is 1. The highest BCUT2D eigenvalue weighted by Gasteiger charge is 2.16. The van der Waals surface area contributed by atoms with Crippen molar-refractivity contribution in [3.05, 3.63) is 29.8 Å². The van der Waals surface area contributed by atoms with E-state index in [4.69, 9.17) is 0 Å². The predicted molar refractivity (Wildman–Crippen MR) is 77.6 cm³/mol. The van der Waals surface area contributed by atoms with E-state index in [2.05, 4.69) is 5.32 Å². The van der Waals surface area contributed by atoms with Gasteiger partial charge in [-0.1, -0.05) is 12.1 Å². The number of carbonyl (C=O) groups is 3. The zero-order valence-corrected chi connectivity index (χ0v) is 12.3. The van der Waals surface area contributed by atoms with Gasteiger partial charge in [0.2, 0.25) is 11.8 Å². The monoisotopic (exact) mass is 276 g/mol. The van der Waals surface area contributed by atoms with E-state index >= 15 is 0 Å². The second-order valence-electron chi connectivity index (χ2n) is 4.93. The third kappa shape index (κ3) is 4.50. The molecule has 1 rings (SSSR count). The van der Waals surface area contributed by atoms with Gasteiger partial charge < -0.3 is 10.2 Å². The van der Waals surface area contributed by atoms with Gasteiger partial charge in [-0.05, 0) is 32.9 Å². The summed E-state index contributed by atoms with van der Waals surface area (Å²) in [4.78, 5) is 36.1. The molecule has 0 aromatic heterocycles. The number of Topliss-reactive ketones (excluding diaryl/α,β-unsaturated/α-hetero) is 1. The molecule has 0 heterocycles. The van der Waals surface area contributed by atoms with Gasteiger partial charge in [-0.2, -0.15) is 0 Å². The van der Waals surface area contributed by atoms with Crippen LogP contribution in [0.3, 0.4) is 0 Å². The van der Waals surface area contributed by atoms with Gasteiger partial charge in [-0.3, -0.25) is 14.4 Å². The summed E-state index contributed by atoms with van der Waals surface area (Å²) in [6, 6.07) is 6.68. The van der Waals surface area contributed by atoms with Crippen LogP contribution in [-0.2, 0) is 9.59 Å². The van der Waals surface area contributed by atoms with Crippen LogP contribution < -0.4 is 5.32 Å². The lowest BCUT2D eigenvalue weighted by Crippen LogP contribution is -2.41. The zero-order valence-electron chi connectivity index (χ0n) is 12.3. The maximum atomic E-state index is 11.9. The second-order valence-corrected chi connectivity index (χ2v) is 4.93. The fourth-order valence-corrected chi connectivity index (χ4v) is 1.83. The number of hydrogen-bond donors (Lipinski definition) is 1. The highest BCUT2D eigenvalue weighted by Crippen LogP contribution is 2.11. The fourth-order valence-electron chi connectivity index (χ4n) is 1.83. The van der Waals surface area contributed by atoms with E-state index in [0.29, 0.717) is 11.3 Å². The van der Waals surface area contributed by atoms with Crippen molar-refractivity contribution in [2.24, 2.45) is 0 Å². The van der Waals surface area contributed by atoms with Gasteiger partial charge in [0, 0.05) is 24.2 Å². The average molecular weight is 276 g/mol. The molecule has 1 aromatic carbocycles. The molecule has 5 nitrogen and oxygen atoms in total. The van der Waals surface area contributed by atoms with Crippen molar-refractivity contribution in [2.75, 3.05) is 11.9 Å². The minimum absolute atomic E-state index is 0.00268. The Morgan fingerprint density at radius 1 is 1.20 bits per heavy atom. The molecule has 0 unspecified atom stereocenters. The highest BCUT2D eigenvalue weighted by atomic mass is 16.2. The van der Waals surface area contributed by atoms with Gasteiger partial charge in [-0.25, -0.2) is 0 Å². The summed E-state index contributed by atoms with van der Waals surface area (Å²) in [5, 5.41) is 2.69. The summed E-state index contributed by atoms with van der Waals surface area (Å²) in [6.07, 6.45) is 0. The Bertz CT molecular complexity index is 524. The summed E-state index contributed by atoms with van der Waals surface area (Å²) in [7, 11) is 0. The molecule has 0 fully saturated rings. The minimum Gasteiger partial charge on any atom is -0.331 e. The number of amides is 2. The van der Waals surface area contributed by atoms with Crippen LogP contribution >= 0.6 is 0 Å². The number of ketones is 1. The number of nitrogens with one attached hydrogen (secondary N) is 1. The molecule has 0 spiro atoms. The van der Waals surface area contributed by atoms with Gasteiger partial charge in [-0.15, -0.1) is 0 Å². The Hall–Kier alpha value is -2.17. The van der Waals surface area contributed by atoms with Crippen molar-refractivity contribution in [3.63, 3.8) is 0 Å². The topological polar surface area (TPSA) is 66.5 Å². The molecule has 0 atom stereocenters. The highest BCUT2D eigenvalue weighted by molar-refractivity contribution is 5.98. The van der Waals surface area contributed by atoms with E-state index in [1.54, 1.807) is 24.3 Å². The van der Waals surface area contributed by atoms with Crippen LogP contribution in [-0.4, -0.2) is 35.1 Å². The number of nitrogens with zero attached hydrogens (tertiary/aromatic N) is 1. The first-order valence-corrected chi connectivity index (χ1v) is 6.49. The molecule has 0 radical (unpaired) electrons. The van der Waals surface area contributed by atoms with Crippen molar-refractivity contribution in [1.29, 1.82) is 0 Å². The van der Waals surface area contributed by atoms with Crippen LogP contribution in [0.15, 0.2) is 24.3 Å². The minimum atomic E-state index is -0.283. The first-order chi connectivity index (χ1) is 9.31. The summed E-state index contributed by atoms with van der Waals surface area (Å²) < 4.78 is 0. The normalized spacial score (nSPS) is 10.2. The molecule has 0 aliphatic rings. The predicted octanol–water partition coefficient (Wildman–Crippen LogP) is 2.08. The Kier molecular flexibility index (Phi) is 5.43. The molecule has 1 aromatic rings. The smallest absolute Gasteiger partial charge is 0.244 e. The van der Waals surface area contributed by atoms with Gasteiger partial charge in [0.25, 0.3) is 0 Å². The van der Waals surface area contributed by atoms with Crippen LogP contribution in [0.25, 0.3) is 0 Å². The molecule has 0 saturated heterocycles. The van der Waals surface area contributed by atoms with E-state index in [0.717, 1.165) is 0 Å². The van der Waals surface area contributed by atoms with Crippen LogP contribution in [0.5, 0.6) is 0 Å². The molecule has 0 saturated carbocycles. The van der Waals surface area contributed by atoms with E-state index in [1.807, 2.05) is 13.8 Å². The second kappa shape index (κ2) is 6.84. The van der Waals surface area contributed by atoms with Gasteiger partial charge in [0.1, 0.15) is 6.54 Å². The van der Waals surface area contributed by atoms with Crippen LogP contribution in [0.4, 0.5) is 5.69 Å². The number of hydrogen-bond acceptors (Lipinski definition) is 3. The van der Waals surface area contributed by atoms with Gasteiger partial charge >= 0.3 is 0 Å². The zero-order chi connectivity index (χ0) is 15.3. The van der Waals surface area contributed by atoms with Crippen LogP contribution in [0.2, 0.25) is 0 Å². The molecule has 0 aliphatic carbocycles. The van der Waals surface area contributed by atoms with Gasteiger partial charge in [0.05, 0.1) is 0 Å². The van der Waals surface area contributed by atoms with Crippen molar-refractivity contribution in [1.82, 2.24) is 4.90 Å². The molecule has 2 amide bonds. The molecule has 0 aliphatic heterocycles. The molecule has 5 heteroatoms. The standard InChI is InChI=1S/C15H20N2O3/c1-10(2)17(12(4)19)9-15(20)16-14-7-5-6-13(8-14)11(3)18/h5-8,10H,9H2,1-4H3,(H,16,20). The van der Waals surface area contributed by atoms with Crippen LogP contribution in [0, 0.1) is 0 Å². The van der Waals surface area contributed by atoms with E-state index in [9.17, 15) is 14.4 Å². The molecular weight excluding hydrogens is 256 g/mol. The lowest BCUT2D eigenvalue weighted by molar-refractivity contribution is -0.134. The summed E-state index contributed by atoms with van der Waals surface area (Å²) in [6.45, 7) is 6.61.